The number of amides is 5. The van der Waals surface area contributed by atoms with E-state index in [0.29, 0.717) is 32.2 Å². The molecule has 10 nitrogen and oxygen atoms in total. The molecule has 0 aromatic rings. The second-order valence-electron chi connectivity index (χ2n) is 11.8. The number of carbonyl (C=O) groups excluding carboxylic acids is 5. The molecule has 1 aliphatic heterocycles. The quantitative estimate of drug-likeness (QED) is 0.362. The molecule has 2 aliphatic rings. The molecule has 1 saturated heterocycles. The maximum Gasteiger partial charge on any atom is 0.315 e. The van der Waals surface area contributed by atoms with E-state index in [1.807, 2.05) is 48.5 Å². The zero-order chi connectivity index (χ0) is 26.6. The van der Waals surface area contributed by atoms with Crippen molar-refractivity contribution < 1.29 is 24.0 Å². The van der Waals surface area contributed by atoms with Crippen LogP contribution in [0, 0.1) is 5.41 Å². The van der Waals surface area contributed by atoms with Gasteiger partial charge in [0.1, 0.15) is 12.1 Å². The van der Waals surface area contributed by atoms with Crippen LogP contribution < -0.4 is 21.3 Å². The van der Waals surface area contributed by atoms with Crippen molar-refractivity contribution in [1.82, 2.24) is 26.2 Å². The van der Waals surface area contributed by atoms with Crippen LogP contribution in [0.4, 0.5) is 4.79 Å². The first kappa shape index (κ1) is 28.6. The number of urea groups is 1. The van der Waals surface area contributed by atoms with Crippen LogP contribution in [0.15, 0.2) is 0 Å². The fourth-order valence-corrected chi connectivity index (χ4v) is 4.09. The van der Waals surface area contributed by atoms with E-state index in [2.05, 4.69) is 21.3 Å². The summed E-state index contributed by atoms with van der Waals surface area (Å²) in [4.78, 5) is 65.7. The largest absolute Gasteiger partial charge is 0.347 e. The summed E-state index contributed by atoms with van der Waals surface area (Å²) in [6.45, 7) is 13.4. The molecule has 0 aromatic carbocycles. The van der Waals surface area contributed by atoms with Crippen molar-refractivity contribution in [2.24, 2.45) is 5.41 Å². The third kappa shape index (κ3) is 8.50. The van der Waals surface area contributed by atoms with E-state index in [4.69, 9.17) is 0 Å². The Bertz CT molecular complexity index is 825. The predicted octanol–water partition coefficient (Wildman–Crippen LogP) is 1.62. The molecule has 1 unspecified atom stereocenters. The lowest BCUT2D eigenvalue weighted by Gasteiger charge is -2.36. The van der Waals surface area contributed by atoms with Crippen LogP contribution >= 0.6 is 0 Å². The monoisotopic (exact) mass is 493 g/mol. The number of nitrogens with one attached hydrogen (secondary N) is 4. The Balaban J connectivity index is 2.12. The minimum absolute atomic E-state index is 0.0460. The number of Topliss-reactive ketones (excluding diaryl/α,β-unsaturated/α-hetero) is 1. The third-order valence-corrected chi connectivity index (χ3v) is 6.06. The van der Waals surface area contributed by atoms with Crippen molar-refractivity contribution in [3.63, 3.8) is 0 Å². The van der Waals surface area contributed by atoms with E-state index in [0.717, 1.165) is 12.8 Å². The van der Waals surface area contributed by atoms with Crippen LogP contribution in [0.1, 0.15) is 87.0 Å². The molecule has 0 aromatic heterocycles. The van der Waals surface area contributed by atoms with Gasteiger partial charge in [0.25, 0.3) is 5.91 Å². The van der Waals surface area contributed by atoms with Crippen LogP contribution in [-0.4, -0.2) is 70.7 Å². The third-order valence-electron chi connectivity index (χ3n) is 6.06. The number of hydrogen-bond acceptors (Lipinski definition) is 5. The standard InChI is InChI=1S/C25H43N5O5/c1-8-10-16(18(31)21(33)26-15-12-13-15)27-20(32)17-11-9-14-30(17)22(34)19(24(2,3)4)28-23(35)29-25(5,6)7/h15-17,19H,8-14H2,1-7H3,(H,26,33)(H,27,32)(H2,28,29,35)/t16?,17-,19+/m0/s1. The van der Waals surface area contributed by atoms with Crippen LogP contribution in [0.2, 0.25) is 0 Å². The minimum Gasteiger partial charge on any atom is -0.347 e. The second kappa shape index (κ2) is 11.4. The lowest BCUT2D eigenvalue weighted by molar-refractivity contribution is -0.143. The second-order valence-corrected chi connectivity index (χ2v) is 11.8. The predicted molar refractivity (Wildman–Crippen MR) is 132 cm³/mol. The summed E-state index contributed by atoms with van der Waals surface area (Å²) in [5, 5.41) is 11.0. The minimum atomic E-state index is -0.932. The van der Waals surface area contributed by atoms with Gasteiger partial charge in [0, 0.05) is 18.1 Å². The summed E-state index contributed by atoms with van der Waals surface area (Å²) in [5.41, 5.74) is -1.07. The van der Waals surface area contributed by atoms with Gasteiger partial charge in [0.15, 0.2) is 0 Å². The van der Waals surface area contributed by atoms with Crippen LogP contribution in [0.25, 0.3) is 0 Å². The summed E-state index contributed by atoms with van der Waals surface area (Å²) in [5.74, 6) is -2.12. The number of hydrogen-bond donors (Lipinski definition) is 4. The van der Waals surface area contributed by atoms with Crippen molar-refractivity contribution in [3.05, 3.63) is 0 Å². The maximum absolute atomic E-state index is 13.6. The van der Waals surface area contributed by atoms with Gasteiger partial charge in [0.2, 0.25) is 17.6 Å². The molecule has 1 aliphatic carbocycles. The van der Waals surface area contributed by atoms with Gasteiger partial charge in [0.05, 0.1) is 6.04 Å². The van der Waals surface area contributed by atoms with Crippen LogP contribution in [-0.2, 0) is 19.2 Å². The van der Waals surface area contributed by atoms with Gasteiger partial charge in [-0.1, -0.05) is 34.1 Å². The average Bonchev–Trinajstić information content (AvgIpc) is 3.39. The van der Waals surface area contributed by atoms with Crippen molar-refractivity contribution in [3.8, 4) is 0 Å². The summed E-state index contributed by atoms with van der Waals surface area (Å²) in [7, 11) is 0. The van der Waals surface area contributed by atoms with E-state index in [1.54, 1.807) is 0 Å². The summed E-state index contributed by atoms with van der Waals surface area (Å²) in [6.07, 6.45) is 3.74. The zero-order valence-corrected chi connectivity index (χ0v) is 22.2. The molecule has 10 heteroatoms. The van der Waals surface area contributed by atoms with Crippen LogP contribution in [0.5, 0.6) is 0 Å². The fourth-order valence-electron chi connectivity index (χ4n) is 4.09. The Labute approximate surface area is 208 Å². The van der Waals surface area contributed by atoms with Crippen molar-refractivity contribution in [1.29, 1.82) is 0 Å². The van der Waals surface area contributed by atoms with Gasteiger partial charge in [-0.2, -0.15) is 0 Å². The number of nitrogens with zero attached hydrogens (tertiary/aromatic N) is 1. The molecule has 3 atom stereocenters. The molecular weight excluding hydrogens is 450 g/mol. The first-order chi connectivity index (χ1) is 16.1. The van der Waals surface area contributed by atoms with E-state index in [-0.39, 0.29) is 11.9 Å². The van der Waals surface area contributed by atoms with Crippen molar-refractivity contribution >= 4 is 29.5 Å². The average molecular weight is 494 g/mol. The van der Waals surface area contributed by atoms with Gasteiger partial charge in [-0.15, -0.1) is 0 Å². The van der Waals surface area contributed by atoms with Gasteiger partial charge in [-0.3, -0.25) is 19.2 Å². The molecule has 1 heterocycles. The van der Waals surface area contributed by atoms with E-state index < -0.39 is 52.7 Å². The van der Waals surface area contributed by atoms with Crippen molar-refractivity contribution in [2.45, 2.75) is 117 Å². The van der Waals surface area contributed by atoms with Crippen LogP contribution in [0.3, 0.4) is 0 Å². The zero-order valence-electron chi connectivity index (χ0n) is 22.2. The topological polar surface area (TPSA) is 137 Å². The number of carbonyl (C=O) groups is 5. The highest BCUT2D eigenvalue weighted by Gasteiger charge is 2.43. The first-order valence-electron chi connectivity index (χ1n) is 12.7. The van der Waals surface area contributed by atoms with E-state index in [1.165, 1.54) is 4.90 Å². The molecule has 0 bridgehead atoms. The molecule has 35 heavy (non-hydrogen) atoms. The Morgan fingerprint density at radius 2 is 1.57 bits per heavy atom. The molecule has 0 spiro atoms. The van der Waals surface area contributed by atoms with E-state index in [9.17, 15) is 24.0 Å². The number of ketones is 1. The van der Waals surface area contributed by atoms with Gasteiger partial charge >= 0.3 is 6.03 Å². The lowest BCUT2D eigenvalue weighted by Crippen LogP contribution is -2.61. The highest BCUT2D eigenvalue weighted by atomic mass is 16.2. The summed E-state index contributed by atoms with van der Waals surface area (Å²) < 4.78 is 0. The first-order valence-corrected chi connectivity index (χ1v) is 12.7. The highest BCUT2D eigenvalue weighted by molar-refractivity contribution is 6.38. The Morgan fingerprint density at radius 3 is 2.09 bits per heavy atom. The lowest BCUT2D eigenvalue weighted by atomic mass is 9.85. The van der Waals surface area contributed by atoms with E-state index >= 15 is 0 Å². The summed E-state index contributed by atoms with van der Waals surface area (Å²) in [6, 6.07) is -2.96. The molecule has 2 fully saturated rings. The Kier molecular flexibility index (Phi) is 9.30. The molecule has 0 radical (unpaired) electrons. The summed E-state index contributed by atoms with van der Waals surface area (Å²) >= 11 is 0. The molecule has 1 saturated carbocycles. The Hall–Kier alpha value is -2.65. The van der Waals surface area contributed by atoms with Gasteiger partial charge in [-0.25, -0.2) is 4.79 Å². The van der Waals surface area contributed by atoms with Gasteiger partial charge < -0.3 is 26.2 Å². The van der Waals surface area contributed by atoms with Gasteiger partial charge in [-0.05, 0) is 58.3 Å². The fraction of sp³-hybridized carbons (Fsp3) is 0.800. The number of rotatable bonds is 9. The molecule has 4 N–H and O–H groups in total. The normalized spacial score (nSPS) is 20.0. The number of likely N-dealkylation sites (tertiary alicyclic amines) is 1. The maximum atomic E-state index is 13.6. The Morgan fingerprint density at radius 1 is 0.943 bits per heavy atom. The van der Waals surface area contributed by atoms with Crippen molar-refractivity contribution in [2.75, 3.05) is 6.54 Å². The SMILES string of the molecule is CCCC(NC(=O)[C@@H]1CCCN1C(=O)[C@@H](NC(=O)NC(C)(C)C)C(C)(C)C)C(=O)C(=O)NC1CC1. The molecular formula is C25H43N5O5. The molecule has 2 rings (SSSR count). The highest BCUT2D eigenvalue weighted by Crippen LogP contribution is 2.26. The smallest absolute Gasteiger partial charge is 0.315 e. The molecule has 198 valence electrons. The molecule has 5 amide bonds.